The zero-order valence-electron chi connectivity index (χ0n) is 14.2. The van der Waals surface area contributed by atoms with E-state index in [0.717, 1.165) is 12.0 Å². The zero-order valence-corrected chi connectivity index (χ0v) is 14.2. The molecule has 2 rings (SSSR count). The van der Waals surface area contributed by atoms with E-state index >= 15 is 0 Å². The van der Waals surface area contributed by atoms with Gasteiger partial charge < -0.3 is 10.6 Å². The van der Waals surface area contributed by atoms with Gasteiger partial charge in [-0.1, -0.05) is 33.6 Å². The first-order valence-corrected chi connectivity index (χ1v) is 8.90. The van der Waals surface area contributed by atoms with Crippen LogP contribution in [0.15, 0.2) is 0 Å². The van der Waals surface area contributed by atoms with Crippen LogP contribution in [0.3, 0.4) is 0 Å². The third-order valence-electron chi connectivity index (χ3n) is 6.35. The molecule has 0 heterocycles. The lowest BCUT2D eigenvalue weighted by atomic mass is 9.68. The minimum absolute atomic E-state index is 0.337. The second-order valence-corrected chi connectivity index (χ2v) is 8.19. The van der Waals surface area contributed by atoms with Gasteiger partial charge in [-0.25, -0.2) is 0 Å². The molecule has 0 radical (unpaired) electrons. The zero-order chi connectivity index (χ0) is 14.8. The minimum Gasteiger partial charge on any atom is -0.327 e. The molecule has 2 atom stereocenters. The Morgan fingerprint density at radius 3 is 2.35 bits per heavy atom. The van der Waals surface area contributed by atoms with E-state index in [2.05, 4.69) is 32.7 Å². The van der Waals surface area contributed by atoms with Crippen molar-refractivity contribution in [2.24, 2.45) is 23.0 Å². The Labute approximate surface area is 126 Å². The lowest BCUT2D eigenvalue weighted by molar-refractivity contribution is 0.0815. The number of nitrogens with zero attached hydrogens (tertiary/aromatic N) is 1. The maximum absolute atomic E-state index is 6.55. The first-order chi connectivity index (χ1) is 9.44. The molecular formula is C18H36N2. The third-order valence-corrected chi connectivity index (χ3v) is 6.35. The number of hydrogen-bond donors (Lipinski definition) is 1. The summed E-state index contributed by atoms with van der Waals surface area (Å²) in [4.78, 5) is 2.64. The fourth-order valence-electron chi connectivity index (χ4n) is 4.52. The van der Waals surface area contributed by atoms with Crippen LogP contribution in [0.2, 0.25) is 0 Å². The fourth-order valence-corrected chi connectivity index (χ4v) is 4.52. The number of nitrogens with two attached hydrogens (primary N) is 1. The molecule has 0 aromatic carbocycles. The minimum atomic E-state index is 0.337. The summed E-state index contributed by atoms with van der Waals surface area (Å²) in [7, 11) is 2.34. The molecule has 2 aliphatic rings. The lowest BCUT2D eigenvalue weighted by Crippen LogP contribution is -2.51. The summed E-state index contributed by atoms with van der Waals surface area (Å²) in [6.45, 7) is 8.27. The van der Waals surface area contributed by atoms with E-state index in [0.29, 0.717) is 17.4 Å². The van der Waals surface area contributed by atoms with Crippen molar-refractivity contribution >= 4 is 0 Å². The summed E-state index contributed by atoms with van der Waals surface area (Å²) in [6.07, 6.45) is 11.1. The van der Waals surface area contributed by atoms with Crippen molar-refractivity contribution in [1.82, 2.24) is 4.90 Å². The molecule has 2 saturated carbocycles. The highest BCUT2D eigenvalue weighted by atomic mass is 15.1. The lowest BCUT2D eigenvalue weighted by Gasteiger charge is -2.44. The van der Waals surface area contributed by atoms with E-state index in [-0.39, 0.29) is 0 Å². The molecule has 2 heteroatoms. The van der Waals surface area contributed by atoms with E-state index < -0.39 is 0 Å². The van der Waals surface area contributed by atoms with Gasteiger partial charge in [0.2, 0.25) is 0 Å². The summed E-state index contributed by atoms with van der Waals surface area (Å²) in [5.41, 5.74) is 6.89. The van der Waals surface area contributed by atoms with Gasteiger partial charge in [0.25, 0.3) is 0 Å². The smallest absolute Gasteiger partial charge is 0.0131 e. The van der Waals surface area contributed by atoms with Crippen molar-refractivity contribution in [3.05, 3.63) is 0 Å². The highest BCUT2D eigenvalue weighted by Gasteiger charge is 2.37. The van der Waals surface area contributed by atoms with Crippen LogP contribution in [0, 0.1) is 17.3 Å². The predicted molar refractivity (Wildman–Crippen MR) is 87.8 cm³/mol. The van der Waals surface area contributed by atoms with Crippen LogP contribution in [0.4, 0.5) is 0 Å². The fraction of sp³-hybridized carbons (Fsp3) is 1.00. The molecule has 0 amide bonds. The summed E-state index contributed by atoms with van der Waals surface area (Å²) in [5, 5.41) is 0. The molecule has 0 aliphatic heterocycles. The first kappa shape index (κ1) is 16.3. The molecule has 118 valence electrons. The van der Waals surface area contributed by atoms with Crippen molar-refractivity contribution in [2.75, 3.05) is 13.6 Å². The normalized spacial score (nSPS) is 38.1. The summed E-state index contributed by atoms with van der Waals surface area (Å²) < 4.78 is 0. The quantitative estimate of drug-likeness (QED) is 0.842. The van der Waals surface area contributed by atoms with Crippen LogP contribution < -0.4 is 5.73 Å². The van der Waals surface area contributed by atoms with E-state index in [9.17, 15) is 0 Å². The van der Waals surface area contributed by atoms with E-state index in [1.165, 1.54) is 57.9 Å². The van der Waals surface area contributed by atoms with E-state index in [1.807, 2.05) is 0 Å². The molecule has 2 unspecified atom stereocenters. The summed E-state index contributed by atoms with van der Waals surface area (Å²) in [5.74, 6) is 1.70. The highest BCUT2D eigenvalue weighted by molar-refractivity contribution is 4.93. The van der Waals surface area contributed by atoms with Crippen LogP contribution in [-0.4, -0.2) is 30.6 Å². The second kappa shape index (κ2) is 6.79. The van der Waals surface area contributed by atoms with Gasteiger partial charge >= 0.3 is 0 Å². The molecule has 2 fully saturated rings. The largest absolute Gasteiger partial charge is 0.327 e. The van der Waals surface area contributed by atoms with Crippen LogP contribution >= 0.6 is 0 Å². The van der Waals surface area contributed by atoms with Gasteiger partial charge in [0.05, 0.1) is 0 Å². The SMILES string of the molecule is CCC1CCC(N(C)CC2CCCC(C)(C)C2N)CC1. The van der Waals surface area contributed by atoms with Crippen molar-refractivity contribution in [3.63, 3.8) is 0 Å². The van der Waals surface area contributed by atoms with Crippen LogP contribution in [-0.2, 0) is 0 Å². The Morgan fingerprint density at radius 2 is 1.75 bits per heavy atom. The van der Waals surface area contributed by atoms with Gasteiger partial charge in [-0.3, -0.25) is 0 Å². The Kier molecular flexibility index (Phi) is 5.53. The molecule has 0 bridgehead atoms. The van der Waals surface area contributed by atoms with Crippen LogP contribution in [0.1, 0.15) is 72.1 Å². The predicted octanol–water partition coefficient (Wildman–Crippen LogP) is 4.04. The number of hydrogen-bond acceptors (Lipinski definition) is 2. The first-order valence-electron chi connectivity index (χ1n) is 8.90. The summed E-state index contributed by atoms with van der Waals surface area (Å²) in [6, 6.07) is 1.20. The summed E-state index contributed by atoms with van der Waals surface area (Å²) >= 11 is 0. The van der Waals surface area contributed by atoms with Crippen molar-refractivity contribution in [3.8, 4) is 0 Å². The molecule has 2 aliphatic carbocycles. The van der Waals surface area contributed by atoms with Crippen molar-refractivity contribution < 1.29 is 0 Å². The standard InChI is InChI=1S/C18H36N2/c1-5-14-8-10-16(11-9-14)20(4)13-15-7-6-12-18(2,3)17(15)19/h14-17H,5-13,19H2,1-4H3. The van der Waals surface area contributed by atoms with Crippen LogP contribution in [0.5, 0.6) is 0 Å². The molecular weight excluding hydrogens is 244 g/mol. The Bertz CT molecular complexity index is 292. The monoisotopic (exact) mass is 280 g/mol. The Balaban J connectivity index is 1.83. The Morgan fingerprint density at radius 1 is 1.10 bits per heavy atom. The second-order valence-electron chi connectivity index (χ2n) is 8.19. The molecule has 2 nitrogen and oxygen atoms in total. The molecule has 0 spiro atoms. The van der Waals surface area contributed by atoms with Gasteiger partial charge in [-0.15, -0.1) is 0 Å². The highest BCUT2D eigenvalue weighted by Crippen LogP contribution is 2.38. The average molecular weight is 281 g/mol. The van der Waals surface area contributed by atoms with Gasteiger partial charge in [0.15, 0.2) is 0 Å². The molecule has 20 heavy (non-hydrogen) atoms. The molecule has 0 aromatic rings. The van der Waals surface area contributed by atoms with Gasteiger partial charge in [0.1, 0.15) is 0 Å². The topological polar surface area (TPSA) is 29.3 Å². The van der Waals surface area contributed by atoms with Gasteiger partial charge in [-0.2, -0.15) is 0 Å². The molecule has 0 aromatic heterocycles. The van der Waals surface area contributed by atoms with Crippen LogP contribution in [0.25, 0.3) is 0 Å². The maximum Gasteiger partial charge on any atom is 0.0131 e. The number of rotatable bonds is 4. The van der Waals surface area contributed by atoms with Gasteiger partial charge in [0, 0.05) is 18.6 Å². The third kappa shape index (κ3) is 3.76. The van der Waals surface area contributed by atoms with Crippen molar-refractivity contribution in [1.29, 1.82) is 0 Å². The van der Waals surface area contributed by atoms with Crippen molar-refractivity contribution in [2.45, 2.75) is 84.2 Å². The van der Waals surface area contributed by atoms with E-state index in [4.69, 9.17) is 5.73 Å². The van der Waals surface area contributed by atoms with Gasteiger partial charge in [-0.05, 0) is 62.8 Å². The maximum atomic E-state index is 6.55. The molecule has 0 saturated heterocycles. The molecule has 2 N–H and O–H groups in total. The average Bonchev–Trinajstić information content (AvgIpc) is 2.44. The Hall–Kier alpha value is -0.0800. The van der Waals surface area contributed by atoms with E-state index in [1.54, 1.807) is 0 Å².